The number of nitrogens with two attached hydrogens (primary N) is 2. The minimum absolute atomic E-state index is 0.643. The van der Waals surface area contributed by atoms with Crippen LogP contribution in [0.1, 0.15) is 22.3 Å². The fourth-order valence-electron chi connectivity index (χ4n) is 4.39. The largest absolute Gasteiger partial charge is 0.465 e. The minimum atomic E-state index is -1.35. The molecule has 0 saturated carbocycles. The second kappa shape index (κ2) is 10.1. The van der Waals surface area contributed by atoms with Gasteiger partial charge in [0.25, 0.3) is 0 Å². The Balaban J connectivity index is 1.73. The zero-order chi connectivity index (χ0) is 24.8. The number of rotatable bonds is 8. The van der Waals surface area contributed by atoms with E-state index < -0.39 is 11.4 Å². The second-order valence-corrected chi connectivity index (χ2v) is 8.58. The van der Waals surface area contributed by atoms with Crippen LogP contribution < -0.4 is 20.9 Å². The van der Waals surface area contributed by atoms with E-state index in [0.717, 1.165) is 11.1 Å². The maximum atomic E-state index is 7.21. The summed E-state index contributed by atoms with van der Waals surface area (Å²) in [6.45, 7) is 0. The molecule has 0 saturated heterocycles. The van der Waals surface area contributed by atoms with E-state index in [1.165, 1.54) is 0 Å². The number of ether oxygens (including phenoxy) is 2. The van der Waals surface area contributed by atoms with Crippen molar-refractivity contribution in [3.8, 4) is 11.5 Å². The molecule has 4 N–H and O–H groups in total. The third-order valence-corrected chi connectivity index (χ3v) is 6.18. The van der Waals surface area contributed by atoms with Gasteiger partial charge < -0.3 is 9.47 Å². The maximum Gasteiger partial charge on any atom is 0.211 e. The molecule has 2 atom stereocenters. The van der Waals surface area contributed by atoms with Crippen molar-refractivity contribution in [2.75, 3.05) is 0 Å². The normalized spacial score (nSPS) is 14.3. The molecule has 36 heavy (non-hydrogen) atoms. The Bertz CT molecular complexity index is 1290. The molecule has 5 aromatic rings. The van der Waals surface area contributed by atoms with Crippen LogP contribution >= 0.6 is 0 Å². The van der Waals surface area contributed by atoms with E-state index in [4.69, 9.17) is 20.9 Å². The highest BCUT2D eigenvalue weighted by atomic mass is 16.5. The number of hydrogen-bond acceptors (Lipinski definition) is 4. The van der Waals surface area contributed by atoms with Gasteiger partial charge in [-0.2, -0.15) is 0 Å². The van der Waals surface area contributed by atoms with E-state index >= 15 is 0 Å². The monoisotopic (exact) mass is 472 g/mol. The molecular weight excluding hydrogens is 444 g/mol. The van der Waals surface area contributed by atoms with Gasteiger partial charge in [-0.15, -0.1) is 0 Å². The van der Waals surface area contributed by atoms with E-state index in [1.807, 2.05) is 146 Å². The smallest absolute Gasteiger partial charge is 0.211 e. The SMILES string of the molecule is NC(Oc1ccccc1)(c1ccccc1)c1ccccc1C(N)(Oc1ccccc1)c1ccccc1. The molecule has 0 radical (unpaired) electrons. The Kier molecular flexibility index (Phi) is 6.54. The first kappa shape index (κ1) is 23.4. The van der Waals surface area contributed by atoms with Gasteiger partial charge in [0, 0.05) is 22.3 Å². The standard InChI is InChI=1S/C32H28N2O2/c33-31(25-15-5-1-6-16-25,35-27-19-9-3-10-20-27)29-23-13-14-24-30(29)32(34,26-17-7-2-8-18-26)36-28-21-11-4-12-22-28/h1-24H,33-34H2. The predicted octanol–water partition coefficient (Wildman–Crippen LogP) is 6.16. The van der Waals surface area contributed by atoms with Crippen molar-refractivity contribution in [2.24, 2.45) is 11.5 Å². The fourth-order valence-corrected chi connectivity index (χ4v) is 4.39. The van der Waals surface area contributed by atoms with E-state index in [0.29, 0.717) is 22.6 Å². The molecule has 0 heterocycles. The van der Waals surface area contributed by atoms with Crippen molar-refractivity contribution in [1.82, 2.24) is 0 Å². The predicted molar refractivity (Wildman–Crippen MR) is 143 cm³/mol. The first-order chi connectivity index (χ1) is 17.6. The summed E-state index contributed by atoms with van der Waals surface area (Å²) >= 11 is 0. The third-order valence-electron chi connectivity index (χ3n) is 6.18. The molecule has 0 amide bonds. The highest BCUT2D eigenvalue weighted by molar-refractivity contribution is 5.48. The first-order valence-corrected chi connectivity index (χ1v) is 11.9. The van der Waals surface area contributed by atoms with E-state index in [2.05, 4.69) is 0 Å². The van der Waals surface area contributed by atoms with E-state index in [9.17, 15) is 0 Å². The van der Waals surface area contributed by atoms with Gasteiger partial charge in [-0.1, -0.05) is 121 Å². The molecule has 0 aliphatic heterocycles. The zero-order valence-electron chi connectivity index (χ0n) is 19.8. The molecule has 0 aromatic heterocycles. The van der Waals surface area contributed by atoms with Gasteiger partial charge in [0.2, 0.25) is 11.4 Å². The van der Waals surface area contributed by atoms with Crippen LogP contribution in [-0.2, 0) is 11.4 Å². The third kappa shape index (κ3) is 4.60. The lowest BCUT2D eigenvalue weighted by Crippen LogP contribution is -2.50. The molecule has 0 fully saturated rings. The topological polar surface area (TPSA) is 70.5 Å². The summed E-state index contributed by atoms with van der Waals surface area (Å²) in [5.74, 6) is 1.29. The quantitative estimate of drug-likeness (QED) is 0.265. The van der Waals surface area contributed by atoms with Gasteiger partial charge in [0.05, 0.1) is 0 Å². The summed E-state index contributed by atoms with van der Waals surface area (Å²) in [6.07, 6.45) is 0. The second-order valence-electron chi connectivity index (χ2n) is 8.58. The van der Waals surface area contributed by atoms with Gasteiger partial charge in [-0.25, -0.2) is 0 Å². The highest BCUT2D eigenvalue weighted by Crippen LogP contribution is 2.39. The molecule has 4 nitrogen and oxygen atoms in total. The first-order valence-electron chi connectivity index (χ1n) is 11.9. The average Bonchev–Trinajstić information content (AvgIpc) is 2.95. The Labute approximate surface area is 211 Å². The van der Waals surface area contributed by atoms with Gasteiger partial charge in [0.15, 0.2) is 0 Å². The summed E-state index contributed by atoms with van der Waals surface area (Å²) in [5, 5.41) is 0. The number of para-hydroxylation sites is 2. The summed E-state index contributed by atoms with van der Waals surface area (Å²) in [6, 6.07) is 46.4. The molecule has 0 bridgehead atoms. The van der Waals surface area contributed by atoms with Crippen LogP contribution in [0, 0.1) is 0 Å². The molecule has 0 aliphatic rings. The van der Waals surface area contributed by atoms with Gasteiger partial charge in [0.1, 0.15) is 11.5 Å². The molecular formula is C32H28N2O2. The highest BCUT2D eigenvalue weighted by Gasteiger charge is 2.42. The van der Waals surface area contributed by atoms with Crippen LogP contribution in [0.15, 0.2) is 146 Å². The number of hydrogen-bond donors (Lipinski definition) is 2. The molecule has 0 aliphatic carbocycles. The van der Waals surface area contributed by atoms with E-state index in [-0.39, 0.29) is 0 Å². The van der Waals surface area contributed by atoms with Crippen molar-refractivity contribution in [2.45, 2.75) is 11.4 Å². The van der Waals surface area contributed by atoms with Crippen LogP contribution in [0.2, 0.25) is 0 Å². The van der Waals surface area contributed by atoms with Crippen molar-refractivity contribution in [3.63, 3.8) is 0 Å². The lowest BCUT2D eigenvalue weighted by molar-refractivity contribution is 0.0926. The van der Waals surface area contributed by atoms with Gasteiger partial charge in [-0.05, 0) is 24.3 Å². The molecule has 0 spiro atoms. The Morgan fingerprint density at radius 2 is 0.639 bits per heavy atom. The summed E-state index contributed by atoms with van der Waals surface area (Å²) in [7, 11) is 0. The van der Waals surface area contributed by atoms with Gasteiger partial charge in [-0.3, -0.25) is 11.5 Å². The van der Waals surface area contributed by atoms with Crippen LogP contribution in [-0.4, -0.2) is 0 Å². The fraction of sp³-hybridized carbons (Fsp3) is 0.0625. The van der Waals surface area contributed by atoms with Gasteiger partial charge >= 0.3 is 0 Å². The zero-order valence-corrected chi connectivity index (χ0v) is 19.8. The van der Waals surface area contributed by atoms with Crippen molar-refractivity contribution < 1.29 is 9.47 Å². The lowest BCUT2D eigenvalue weighted by Gasteiger charge is -2.38. The van der Waals surface area contributed by atoms with Crippen molar-refractivity contribution >= 4 is 0 Å². The Morgan fingerprint density at radius 3 is 0.972 bits per heavy atom. The minimum Gasteiger partial charge on any atom is -0.465 e. The summed E-state index contributed by atoms with van der Waals surface area (Å²) in [5.41, 5.74) is 14.7. The van der Waals surface area contributed by atoms with E-state index in [1.54, 1.807) is 0 Å². The Morgan fingerprint density at radius 1 is 0.361 bits per heavy atom. The van der Waals surface area contributed by atoms with Crippen LogP contribution in [0.3, 0.4) is 0 Å². The van der Waals surface area contributed by atoms with Crippen molar-refractivity contribution in [3.05, 3.63) is 168 Å². The van der Waals surface area contributed by atoms with Crippen molar-refractivity contribution in [1.29, 1.82) is 0 Å². The molecule has 178 valence electrons. The molecule has 2 unspecified atom stereocenters. The van der Waals surface area contributed by atoms with Crippen LogP contribution in [0.25, 0.3) is 0 Å². The lowest BCUT2D eigenvalue weighted by atomic mass is 9.84. The average molecular weight is 473 g/mol. The number of benzene rings is 5. The Hall–Kier alpha value is -4.38. The summed E-state index contributed by atoms with van der Waals surface area (Å²) in [4.78, 5) is 0. The molecule has 5 aromatic carbocycles. The molecule has 5 rings (SSSR count). The van der Waals surface area contributed by atoms with Crippen LogP contribution in [0.5, 0.6) is 11.5 Å². The molecule has 4 heteroatoms. The maximum absolute atomic E-state index is 7.21. The van der Waals surface area contributed by atoms with Crippen LogP contribution in [0.4, 0.5) is 0 Å². The summed E-state index contributed by atoms with van der Waals surface area (Å²) < 4.78 is 13.1.